The number of aliphatic hydroxyl groups excluding tert-OH is 2. The van der Waals surface area contributed by atoms with Crippen LogP contribution in [0.4, 0.5) is 0 Å². The van der Waals surface area contributed by atoms with Crippen molar-refractivity contribution in [3.05, 3.63) is 0 Å². The Balaban J connectivity index is 1.48. The van der Waals surface area contributed by atoms with E-state index in [1.165, 1.54) is 45.6 Å². The van der Waals surface area contributed by atoms with Gasteiger partial charge in [-0.25, -0.2) is 0 Å². The Labute approximate surface area is 195 Å². The summed E-state index contributed by atoms with van der Waals surface area (Å²) in [6.45, 7) is 8.27. The number of nitrogens with one attached hydrogen (secondary N) is 1. The zero-order valence-electron chi connectivity index (χ0n) is 20.8. The number of ether oxygens (including phenoxy) is 1. The first-order chi connectivity index (χ1) is 15.2. The van der Waals surface area contributed by atoms with E-state index >= 15 is 0 Å². The number of aliphatic hydroxyl groups is 2. The van der Waals surface area contributed by atoms with Crippen molar-refractivity contribution in [1.29, 1.82) is 0 Å². The summed E-state index contributed by atoms with van der Waals surface area (Å²) in [6.07, 6.45) is 10.8. The van der Waals surface area contributed by atoms with E-state index in [9.17, 15) is 15.0 Å². The standard InChI is InChI=1S/C27H47NO4/c1-17(5-8-24(31)32-4)20-6-7-21-25-22(10-12-27(20,21)3)26(2)11-9-19(28-13-14-29)15-18(26)16-23(25)30/h17-23,25,28-30H,5-16H2,1-4H3. The topological polar surface area (TPSA) is 78.8 Å². The van der Waals surface area contributed by atoms with Crippen LogP contribution in [0.25, 0.3) is 0 Å². The normalized spacial score (nSPS) is 46.6. The number of methoxy groups -OCH3 is 1. The lowest BCUT2D eigenvalue weighted by atomic mass is 9.43. The third-order valence-corrected chi connectivity index (χ3v) is 11.0. The zero-order chi connectivity index (χ0) is 23.1. The molecule has 0 aromatic rings. The van der Waals surface area contributed by atoms with Crippen molar-refractivity contribution in [3.8, 4) is 0 Å². The van der Waals surface area contributed by atoms with Crippen molar-refractivity contribution in [2.24, 2.45) is 46.3 Å². The van der Waals surface area contributed by atoms with Crippen LogP contribution in [0.2, 0.25) is 0 Å². The van der Waals surface area contributed by atoms with E-state index in [-0.39, 0.29) is 18.7 Å². The first kappa shape index (κ1) is 24.5. The third kappa shape index (κ3) is 4.15. The van der Waals surface area contributed by atoms with Gasteiger partial charge in [-0.1, -0.05) is 20.8 Å². The maximum Gasteiger partial charge on any atom is 0.305 e. The zero-order valence-corrected chi connectivity index (χ0v) is 20.8. The predicted octanol–water partition coefficient (Wildman–Crippen LogP) is 4.16. The number of carbonyl (C=O) groups is 1. The fourth-order valence-electron chi connectivity index (χ4n) is 9.30. The first-order valence-corrected chi connectivity index (χ1v) is 13.3. The highest BCUT2D eigenvalue weighted by atomic mass is 16.5. The summed E-state index contributed by atoms with van der Waals surface area (Å²) >= 11 is 0. The lowest BCUT2D eigenvalue weighted by Gasteiger charge is -2.62. The summed E-state index contributed by atoms with van der Waals surface area (Å²) in [5, 5.41) is 24.2. The molecule has 0 saturated heterocycles. The Bertz CT molecular complexity index is 670. The van der Waals surface area contributed by atoms with Crippen molar-refractivity contribution in [2.75, 3.05) is 20.3 Å². The third-order valence-electron chi connectivity index (χ3n) is 11.0. The predicted molar refractivity (Wildman–Crippen MR) is 126 cm³/mol. The molecule has 0 amide bonds. The molecule has 0 bridgehead atoms. The minimum atomic E-state index is -0.177. The summed E-state index contributed by atoms with van der Waals surface area (Å²) in [5.74, 6) is 3.36. The van der Waals surface area contributed by atoms with E-state index in [2.05, 4.69) is 26.1 Å². The molecule has 5 heteroatoms. The molecular weight excluding hydrogens is 402 g/mol. The fraction of sp³-hybridized carbons (Fsp3) is 0.963. The Kier molecular flexibility index (Phi) is 7.30. The van der Waals surface area contributed by atoms with Gasteiger partial charge in [0.1, 0.15) is 0 Å². The van der Waals surface area contributed by atoms with Gasteiger partial charge in [0, 0.05) is 19.0 Å². The van der Waals surface area contributed by atoms with Crippen molar-refractivity contribution >= 4 is 5.97 Å². The van der Waals surface area contributed by atoms with Gasteiger partial charge in [0.05, 0.1) is 19.8 Å². The second-order valence-corrected chi connectivity index (χ2v) is 12.3. The van der Waals surface area contributed by atoms with Gasteiger partial charge in [0.25, 0.3) is 0 Å². The second-order valence-electron chi connectivity index (χ2n) is 12.3. The van der Waals surface area contributed by atoms with Crippen LogP contribution in [-0.2, 0) is 9.53 Å². The largest absolute Gasteiger partial charge is 0.469 e. The summed E-state index contributed by atoms with van der Waals surface area (Å²) in [5.41, 5.74) is 0.637. The van der Waals surface area contributed by atoms with E-state index in [1.807, 2.05) is 0 Å². The van der Waals surface area contributed by atoms with Gasteiger partial charge in [-0.3, -0.25) is 4.79 Å². The van der Waals surface area contributed by atoms with Gasteiger partial charge in [0.2, 0.25) is 0 Å². The minimum absolute atomic E-state index is 0.0917. The van der Waals surface area contributed by atoms with Crippen LogP contribution in [0.5, 0.6) is 0 Å². The maximum absolute atomic E-state index is 11.7. The van der Waals surface area contributed by atoms with Gasteiger partial charge >= 0.3 is 5.97 Å². The van der Waals surface area contributed by atoms with Gasteiger partial charge in [-0.05, 0) is 104 Å². The molecule has 4 aliphatic rings. The molecule has 0 radical (unpaired) electrons. The number of carbonyl (C=O) groups excluding carboxylic acids is 1. The summed E-state index contributed by atoms with van der Waals surface area (Å²) < 4.78 is 4.88. The van der Waals surface area contributed by atoms with Crippen LogP contribution in [0.3, 0.4) is 0 Å². The van der Waals surface area contributed by atoms with Crippen LogP contribution in [-0.4, -0.2) is 48.6 Å². The van der Waals surface area contributed by atoms with Crippen LogP contribution in [0, 0.1) is 46.3 Å². The van der Waals surface area contributed by atoms with Gasteiger partial charge < -0.3 is 20.3 Å². The molecule has 4 rings (SSSR count). The van der Waals surface area contributed by atoms with Crippen LogP contribution in [0.15, 0.2) is 0 Å². The molecule has 4 aliphatic carbocycles. The second kappa shape index (κ2) is 9.54. The molecule has 10 unspecified atom stereocenters. The lowest BCUT2D eigenvalue weighted by molar-refractivity contribution is -0.167. The summed E-state index contributed by atoms with van der Waals surface area (Å²) in [7, 11) is 1.48. The number of rotatable bonds is 7. The molecule has 0 heterocycles. The molecule has 5 nitrogen and oxygen atoms in total. The average molecular weight is 450 g/mol. The Hall–Kier alpha value is -0.650. The molecule has 3 N–H and O–H groups in total. The van der Waals surface area contributed by atoms with Crippen molar-refractivity contribution in [2.45, 2.75) is 97.1 Å². The molecule has 0 spiro atoms. The van der Waals surface area contributed by atoms with E-state index in [0.717, 1.165) is 19.3 Å². The average Bonchev–Trinajstić information content (AvgIpc) is 3.13. The van der Waals surface area contributed by atoms with Crippen molar-refractivity contribution < 1.29 is 19.7 Å². The van der Waals surface area contributed by atoms with E-state index in [1.54, 1.807) is 0 Å². The molecule has 0 aliphatic heterocycles. The van der Waals surface area contributed by atoms with Crippen LogP contribution < -0.4 is 5.32 Å². The quantitative estimate of drug-likeness (QED) is 0.509. The molecule has 4 saturated carbocycles. The molecule has 4 fully saturated rings. The Morgan fingerprint density at radius 1 is 1.09 bits per heavy atom. The highest BCUT2D eigenvalue weighted by Gasteiger charge is 2.62. The smallest absolute Gasteiger partial charge is 0.305 e. The van der Waals surface area contributed by atoms with E-state index < -0.39 is 0 Å². The number of fused-ring (bicyclic) bond motifs is 5. The summed E-state index contributed by atoms with van der Waals surface area (Å²) in [4.78, 5) is 11.7. The fourth-order valence-corrected chi connectivity index (χ4v) is 9.30. The van der Waals surface area contributed by atoms with Gasteiger partial charge in [0.15, 0.2) is 0 Å². The van der Waals surface area contributed by atoms with E-state index in [4.69, 9.17) is 4.74 Å². The molecule has 32 heavy (non-hydrogen) atoms. The maximum atomic E-state index is 11.7. The Morgan fingerprint density at radius 2 is 1.81 bits per heavy atom. The van der Waals surface area contributed by atoms with Crippen LogP contribution >= 0.6 is 0 Å². The molecule has 0 aromatic heterocycles. The highest BCUT2D eigenvalue weighted by molar-refractivity contribution is 5.69. The van der Waals surface area contributed by atoms with E-state index in [0.29, 0.717) is 65.3 Å². The highest BCUT2D eigenvalue weighted by Crippen LogP contribution is 2.68. The Morgan fingerprint density at radius 3 is 2.53 bits per heavy atom. The summed E-state index contributed by atoms with van der Waals surface area (Å²) in [6, 6.07) is 0.490. The molecular formula is C27H47NO4. The number of esters is 1. The molecule has 184 valence electrons. The van der Waals surface area contributed by atoms with Crippen molar-refractivity contribution in [1.82, 2.24) is 5.32 Å². The molecule has 0 aromatic carbocycles. The van der Waals surface area contributed by atoms with Crippen molar-refractivity contribution in [3.63, 3.8) is 0 Å². The minimum Gasteiger partial charge on any atom is -0.469 e. The SMILES string of the molecule is COC(=O)CCC(C)C1CCC2C3C(O)CC4CC(NCCO)CCC4(C)C3CCC12C. The lowest BCUT2D eigenvalue weighted by Crippen LogP contribution is -2.59. The monoisotopic (exact) mass is 449 g/mol. The number of hydrogen-bond acceptors (Lipinski definition) is 5. The number of hydrogen-bond donors (Lipinski definition) is 3. The van der Waals surface area contributed by atoms with Gasteiger partial charge in [-0.2, -0.15) is 0 Å². The van der Waals surface area contributed by atoms with Crippen LogP contribution in [0.1, 0.15) is 85.0 Å². The van der Waals surface area contributed by atoms with Gasteiger partial charge in [-0.15, -0.1) is 0 Å². The molecule has 10 atom stereocenters. The first-order valence-electron chi connectivity index (χ1n) is 13.3.